The van der Waals surface area contributed by atoms with Crippen LogP contribution in [0.3, 0.4) is 0 Å². The predicted octanol–water partition coefficient (Wildman–Crippen LogP) is 1.47. The van der Waals surface area contributed by atoms with E-state index in [1.54, 1.807) is 12.1 Å². The lowest BCUT2D eigenvalue weighted by molar-refractivity contribution is 0.416. The lowest BCUT2D eigenvalue weighted by Gasteiger charge is -2.14. The lowest BCUT2D eigenvalue weighted by atomic mass is 10.2. The Morgan fingerprint density at radius 3 is 2.63 bits per heavy atom. The van der Waals surface area contributed by atoms with Crippen molar-refractivity contribution in [2.24, 2.45) is 5.92 Å². The quantitative estimate of drug-likeness (QED) is 0.827. The normalized spacial score (nSPS) is 11.1. The first-order valence-electron chi connectivity index (χ1n) is 5.74. The summed E-state index contributed by atoms with van der Waals surface area (Å²) >= 11 is 0. The molecule has 0 aromatic heterocycles. The van der Waals surface area contributed by atoms with E-state index in [1.807, 2.05) is 19.9 Å². The van der Waals surface area contributed by atoms with E-state index in [4.69, 9.17) is 10.00 Å². The molecule has 2 N–H and O–H groups in total. The average molecular weight is 283 g/mol. The number of para-hydroxylation sites is 1. The van der Waals surface area contributed by atoms with Crippen LogP contribution in [0.2, 0.25) is 0 Å². The zero-order valence-corrected chi connectivity index (χ0v) is 11.9. The molecular formula is C12H17N3O3S. The van der Waals surface area contributed by atoms with Crippen molar-refractivity contribution in [3.8, 4) is 11.8 Å². The zero-order valence-electron chi connectivity index (χ0n) is 11.1. The molecule has 0 aliphatic rings. The van der Waals surface area contributed by atoms with Gasteiger partial charge >= 0.3 is 0 Å². The monoisotopic (exact) mass is 283 g/mol. The van der Waals surface area contributed by atoms with Gasteiger partial charge in [-0.05, 0) is 18.1 Å². The zero-order chi connectivity index (χ0) is 14.5. The molecule has 0 amide bonds. The fraction of sp³-hybridized carbons (Fsp3) is 0.417. The summed E-state index contributed by atoms with van der Waals surface area (Å²) < 4.78 is 33.5. The van der Waals surface area contributed by atoms with Crippen molar-refractivity contribution in [3.05, 3.63) is 23.8 Å². The molecule has 0 spiro atoms. The number of nitriles is 1. The molecule has 0 saturated heterocycles. The summed E-state index contributed by atoms with van der Waals surface area (Å²) in [5.74, 6) is 0.485. The highest BCUT2D eigenvalue weighted by atomic mass is 32.2. The Bertz CT molecular complexity index is 576. The molecule has 0 bridgehead atoms. The Labute approximate surface area is 113 Å². The summed E-state index contributed by atoms with van der Waals surface area (Å²) in [6.07, 6.45) is 0. The fourth-order valence-corrected chi connectivity index (χ4v) is 2.45. The number of rotatable bonds is 6. The van der Waals surface area contributed by atoms with Crippen molar-refractivity contribution < 1.29 is 13.2 Å². The minimum atomic E-state index is -3.73. The summed E-state index contributed by atoms with van der Waals surface area (Å²) in [4.78, 5) is 0. The first kappa shape index (κ1) is 15.3. The third kappa shape index (κ3) is 4.43. The maximum Gasteiger partial charge on any atom is 0.299 e. The largest absolute Gasteiger partial charge is 0.495 e. The molecule has 6 nitrogen and oxygen atoms in total. The fourth-order valence-electron chi connectivity index (χ4n) is 1.35. The van der Waals surface area contributed by atoms with Gasteiger partial charge in [0.25, 0.3) is 10.2 Å². The second kappa shape index (κ2) is 6.41. The number of hydrogen-bond acceptors (Lipinski definition) is 4. The van der Waals surface area contributed by atoms with Crippen molar-refractivity contribution in [1.29, 1.82) is 5.26 Å². The summed E-state index contributed by atoms with van der Waals surface area (Å²) in [6.45, 7) is 4.10. The van der Waals surface area contributed by atoms with E-state index in [-0.39, 0.29) is 17.2 Å². The smallest absolute Gasteiger partial charge is 0.299 e. The van der Waals surface area contributed by atoms with Gasteiger partial charge in [-0.3, -0.25) is 4.72 Å². The Balaban J connectivity index is 3.02. The van der Waals surface area contributed by atoms with E-state index in [2.05, 4.69) is 9.44 Å². The predicted molar refractivity (Wildman–Crippen MR) is 73.1 cm³/mol. The number of nitrogens with one attached hydrogen (secondary N) is 2. The molecule has 0 aliphatic heterocycles. The average Bonchev–Trinajstić information content (AvgIpc) is 2.36. The third-order valence-corrected chi connectivity index (χ3v) is 3.30. The maximum atomic E-state index is 11.9. The Kier molecular flexibility index (Phi) is 5.15. The second-order valence-electron chi connectivity index (χ2n) is 4.34. The van der Waals surface area contributed by atoms with Crippen LogP contribution in [0.1, 0.15) is 19.4 Å². The van der Waals surface area contributed by atoms with Gasteiger partial charge in [0.15, 0.2) is 0 Å². The molecule has 0 unspecified atom stereocenters. The van der Waals surface area contributed by atoms with Gasteiger partial charge in [0.2, 0.25) is 0 Å². The Morgan fingerprint density at radius 2 is 2.11 bits per heavy atom. The lowest BCUT2D eigenvalue weighted by Crippen LogP contribution is -2.33. The Morgan fingerprint density at radius 1 is 1.42 bits per heavy atom. The van der Waals surface area contributed by atoms with Gasteiger partial charge in [0.05, 0.1) is 12.7 Å². The van der Waals surface area contributed by atoms with Crippen LogP contribution in [0.25, 0.3) is 0 Å². The molecule has 7 heteroatoms. The highest BCUT2D eigenvalue weighted by Crippen LogP contribution is 2.28. The molecule has 0 atom stereocenters. The molecule has 1 rings (SSSR count). The summed E-state index contributed by atoms with van der Waals surface area (Å²) in [6, 6.07) is 6.65. The maximum absolute atomic E-state index is 11.9. The molecule has 104 valence electrons. The second-order valence-corrected chi connectivity index (χ2v) is 5.84. The molecule has 0 heterocycles. The van der Waals surface area contributed by atoms with E-state index in [0.717, 1.165) is 0 Å². The van der Waals surface area contributed by atoms with E-state index in [9.17, 15) is 8.42 Å². The minimum absolute atomic E-state index is 0.142. The van der Waals surface area contributed by atoms with Crippen LogP contribution in [-0.4, -0.2) is 22.1 Å². The van der Waals surface area contributed by atoms with Crippen LogP contribution in [0.5, 0.6) is 5.75 Å². The van der Waals surface area contributed by atoms with Gasteiger partial charge in [0.1, 0.15) is 17.5 Å². The van der Waals surface area contributed by atoms with Crippen LogP contribution in [0.4, 0.5) is 5.69 Å². The molecular weight excluding hydrogens is 266 g/mol. The van der Waals surface area contributed by atoms with Crippen molar-refractivity contribution in [2.75, 3.05) is 18.4 Å². The molecule has 0 fully saturated rings. The summed E-state index contributed by atoms with van der Waals surface area (Å²) in [5, 5.41) is 8.99. The van der Waals surface area contributed by atoms with Crippen LogP contribution in [-0.2, 0) is 10.2 Å². The summed E-state index contributed by atoms with van der Waals surface area (Å²) in [5.41, 5.74) is 0.345. The first-order chi connectivity index (χ1) is 8.89. The van der Waals surface area contributed by atoms with E-state index in [0.29, 0.717) is 12.3 Å². The van der Waals surface area contributed by atoms with Gasteiger partial charge in [-0.25, -0.2) is 0 Å². The van der Waals surface area contributed by atoms with Crippen molar-refractivity contribution in [2.45, 2.75) is 13.8 Å². The number of anilines is 1. The standard InChI is InChI=1S/C12H17N3O3S/c1-9(2)8-14-19(16,17)15-12-10(7-13)5-4-6-11(12)18-3/h4-6,9,14-15H,8H2,1-3H3. The van der Waals surface area contributed by atoms with E-state index >= 15 is 0 Å². The topological polar surface area (TPSA) is 91.2 Å². The van der Waals surface area contributed by atoms with Gasteiger partial charge < -0.3 is 4.74 Å². The number of hydrogen-bond donors (Lipinski definition) is 2. The van der Waals surface area contributed by atoms with Gasteiger partial charge in [-0.15, -0.1) is 0 Å². The number of nitrogens with zero attached hydrogens (tertiary/aromatic N) is 1. The highest BCUT2D eigenvalue weighted by molar-refractivity contribution is 7.90. The van der Waals surface area contributed by atoms with Gasteiger partial charge in [0, 0.05) is 6.54 Å². The number of ether oxygens (including phenoxy) is 1. The van der Waals surface area contributed by atoms with Crippen LogP contribution in [0.15, 0.2) is 18.2 Å². The molecule has 0 saturated carbocycles. The van der Waals surface area contributed by atoms with Gasteiger partial charge in [-0.2, -0.15) is 18.4 Å². The van der Waals surface area contributed by atoms with Crippen LogP contribution in [0, 0.1) is 17.2 Å². The molecule has 0 aliphatic carbocycles. The van der Waals surface area contributed by atoms with Crippen molar-refractivity contribution >= 4 is 15.9 Å². The van der Waals surface area contributed by atoms with Crippen LogP contribution < -0.4 is 14.2 Å². The number of methoxy groups -OCH3 is 1. The molecule has 1 aromatic carbocycles. The van der Waals surface area contributed by atoms with E-state index < -0.39 is 10.2 Å². The van der Waals surface area contributed by atoms with Gasteiger partial charge in [-0.1, -0.05) is 19.9 Å². The van der Waals surface area contributed by atoms with Crippen LogP contribution >= 0.6 is 0 Å². The third-order valence-electron chi connectivity index (χ3n) is 2.28. The molecule has 1 aromatic rings. The van der Waals surface area contributed by atoms with Crippen molar-refractivity contribution in [1.82, 2.24) is 4.72 Å². The minimum Gasteiger partial charge on any atom is -0.495 e. The van der Waals surface area contributed by atoms with Crippen molar-refractivity contribution in [3.63, 3.8) is 0 Å². The van der Waals surface area contributed by atoms with E-state index in [1.165, 1.54) is 13.2 Å². The SMILES string of the molecule is COc1cccc(C#N)c1NS(=O)(=O)NCC(C)C. The first-order valence-corrected chi connectivity index (χ1v) is 7.22. The molecule has 19 heavy (non-hydrogen) atoms. The summed E-state index contributed by atoms with van der Waals surface area (Å²) in [7, 11) is -2.31. The molecule has 0 radical (unpaired) electrons. The number of benzene rings is 1. The Hall–Kier alpha value is -1.78. The highest BCUT2D eigenvalue weighted by Gasteiger charge is 2.16.